The molecule has 35 heavy (non-hydrogen) atoms. The minimum atomic E-state index is -0.490. The first-order chi connectivity index (χ1) is 17.0. The highest BCUT2D eigenvalue weighted by molar-refractivity contribution is 5.85. The molecule has 1 aromatic rings. The minimum Gasteiger partial charge on any atom is -0.465 e. The Hall–Kier alpha value is -2.78. The number of hydrogen-bond donors (Lipinski definition) is 4. The van der Waals surface area contributed by atoms with Gasteiger partial charge in [0.2, 0.25) is 0 Å². The van der Waals surface area contributed by atoms with Crippen molar-refractivity contribution >= 4 is 12.1 Å². The van der Waals surface area contributed by atoms with Gasteiger partial charge in [0.15, 0.2) is 6.17 Å². The molecule has 1 spiro atoms. The van der Waals surface area contributed by atoms with Crippen molar-refractivity contribution in [1.82, 2.24) is 25.8 Å². The topological polar surface area (TPSA) is 107 Å². The first kappa shape index (κ1) is 23.9. The molecule has 4 aliphatic rings. The fourth-order valence-electron chi connectivity index (χ4n) is 5.58. The van der Waals surface area contributed by atoms with Gasteiger partial charge in [-0.15, -0.1) is 0 Å². The fourth-order valence-corrected chi connectivity index (χ4v) is 5.58. The van der Waals surface area contributed by atoms with E-state index in [0.29, 0.717) is 36.1 Å². The highest BCUT2D eigenvalue weighted by Gasteiger charge is 2.40. The van der Waals surface area contributed by atoms with Crippen LogP contribution in [0.2, 0.25) is 0 Å². The van der Waals surface area contributed by atoms with E-state index in [1.807, 2.05) is 0 Å². The van der Waals surface area contributed by atoms with Gasteiger partial charge in [-0.3, -0.25) is 15.1 Å². The smallest absolute Gasteiger partial charge is 0.324 e. The molecule has 0 radical (unpaired) electrons. The Kier molecular flexibility index (Phi) is 7.15. The lowest BCUT2D eigenvalue weighted by molar-refractivity contribution is 0.0701. The molecule has 0 aromatic heterocycles. The van der Waals surface area contributed by atoms with Crippen LogP contribution >= 0.6 is 0 Å². The number of carbonyl (C=O) groups is 1. The van der Waals surface area contributed by atoms with Crippen molar-refractivity contribution in [3.05, 3.63) is 46.9 Å². The summed E-state index contributed by atoms with van der Waals surface area (Å²) >= 11 is 0. The maximum atomic E-state index is 12.7. The highest BCUT2D eigenvalue weighted by Crippen LogP contribution is 2.39. The second kappa shape index (κ2) is 10.5. The number of urea groups is 1. The maximum absolute atomic E-state index is 12.7. The lowest BCUT2D eigenvalue weighted by Gasteiger charge is -2.44. The third-order valence-corrected chi connectivity index (χ3v) is 7.93. The van der Waals surface area contributed by atoms with E-state index in [2.05, 4.69) is 57.0 Å². The number of ether oxygens (including phenoxy) is 1. The average Bonchev–Trinajstić information content (AvgIpc) is 3.18. The van der Waals surface area contributed by atoms with Crippen LogP contribution in [0.15, 0.2) is 40.8 Å². The number of carbonyl (C=O) groups excluding carboxylic acids is 1. The fraction of sp³-hybridized carbons (Fsp3) is 0.615. The summed E-state index contributed by atoms with van der Waals surface area (Å²) in [7, 11) is 0. The summed E-state index contributed by atoms with van der Waals surface area (Å²) in [6.07, 6.45) is 6.77. The van der Waals surface area contributed by atoms with Crippen molar-refractivity contribution in [3.8, 4) is 0 Å². The maximum Gasteiger partial charge on any atom is 0.324 e. The number of nitrogens with zero attached hydrogens (tertiary/aromatic N) is 3. The summed E-state index contributed by atoms with van der Waals surface area (Å²) in [4.78, 5) is 21.6. The largest absolute Gasteiger partial charge is 0.465 e. The van der Waals surface area contributed by atoms with Gasteiger partial charge in [-0.05, 0) is 74.8 Å². The minimum absolute atomic E-state index is 0.197. The number of rotatable bonds is 7. The molecule has 5 N–H and O–H groups in total. The number of amides is 2. The lowest BCUT2D eigenvalue weighted by Crippen LogP contribution is -2.45. The van der Waals surface area contributed by atoms with Gasteiger partial charge in [0, 0.05) is 13.1 Å². The number of aliphatic imine (C=N–C) groups is 1. The molecule has 0 aliphatic carbocycles. The number of piperidine rings is 2. The highest BCUT2D eigenvalue weighted by atomic mass is 16.5. The van der Waals surface area contributed by atoms with Gasteiger partial charge < -0.3 is 21.1 Å². The molecule has 2 amide bonds. The van der Waals surface area contributed by atoms with Crippen LogP contribution in [0.4, 0.5) is 4.79 Å². The van der Waals surface area contributed by atoms with Gasteiger partial charge in [-0.1, -0.05) is 37.6 Å². The number of nitrogens with one attached hydrogen (secondary N) is 3. The van der Waals surface area contributed by atoms with Crippen LogP contribution in [0.25, 0.3) is 0 Å². The van der Waals surface area contributed by atoms with Crippen LogP contribution in [0.1, 0.15) is 56.6 Å². The molecule has 3 fully saturated rings. The molecule has 4 aliphatic heterocycles. The molecule has 9 heteroatoms. The Morgan fingerprint density at radius 3 is 2.43 bits per heavy atom. The van der Waals surface area contributed by atoms with Gasteiger partial charge in [0.1, 0.15) is 11.5 Å². The van der Waals surface area contributed by atoms with Crippen LogP contribution in [0, 0.1) is 5.41 Å². The average molecular weight is 482 g/mol. The van der Waals surface area contributed by atoms with Gasteiger partial charge in [0.05, 0.1) is 6.61 Å². The molecular formula is C26H39N7O2. The van der Waals surface area contributed by atoms with Crippen molar-refractivity contribution in [1.29, 1.82) is 0 Å². The van der Waals surface area contributed by atoms with E-state index in [1.54, 1.807) is 4.90 Å². The zero-order valence-electron chi connectivity index (χ0n) is 20.8. The molecule has 190 valence electrons. The van der Waals surface area contributed by atoms with E-state index >= 15 is 0 Å². The summed E-state index contributed by atoms with van der Waals surface area (Å²) in [6.45, 7) is 8.84. The van der Waals surface area contributed by atoms with Crippen LogP contribution in [-0.2, 0) is 17.8 Å². The molecule has 0 bridgehead atoms. The number of benzene rings is 1. The van der Waals surface area contributed by atoms with Crippen molar-refractivity contribution in [2.24, 2.45) is 16.1 Å². The van der Waals surface area contributed by atoms with Crippen LogP contribution < -0.4 is 21.7 Å². The summed E-state index contributed by atoms with van der Waals surface area (Å²) in [6, 6.07) is 8.79. The lowest BCUT2D eigenvalue weighted by atomic mass is 9.71. The van der Waals surface area contributed by atoms with Gasteiger partial charge in [-0.25, -0.2) is 9.79 Å². The molecule has 3 saturated heterocycles. The van der Waals surface area contributed by atoms with E-state index in [-0.39, 0.29) is 6.03 Å². The SMILES string of the molecule is CCCCOC1=NC2C(=C(N)N1)NC(=O)N2Cc1ccc(CN2CCC3(CCNCC3)CC2)cc1. The number of likely N-dealkylation sites (tertiary alicyclic amines) is 1. The molecular weight excluding hydrogens is 442 g/mol. The number of unbranched alkanes of at least 4 members (excludes halogenated alkanes) is 1. The van der Waals surface area contributed by atoms with Gasteiger partial charge >= 0.3 is 6.03 Å². The Morgan fingerprint density at radius 2 is 1.74 bits per heavy atom. The second-order valence-electron chi connectivity index (χ2n) is 10.4. The standard InChI is InChI=1S/C26H39N7O2/c1-2-3-16-35-24-30-22(27)21-23(31-24)33(25(34)29-21)18-20-6-4-19(5-7-20)17-32-14-10-26(11-15-32)8-12-28-13-9-26/h4-7,23,28H,2-3,8-18,27H2,1H3,(H,29,34)(H,30,31). The number of nitrogens with two attached hydrogens (primary N) is 1. The van der Waals surface area contributed by atoms with E-state index in [4.69, 9.17) is 10.5 Å². The van der Waals surface area contributed by atoms with Crippen LogP contribution in [0.3, 0.4) is 0 Å². The normalized spacial score (nSPS) is 24.1. The third-order valence-electron chi connectivity index (χ3n) is 7.93. The molecule has 4 heterocycles. The zero-order chi connectivity index (χ0) is 24.3. The monoisotopic (exact) mass is 481 g/mol. The van der Waals surface area contributed by atoms with E-state index in [9.17, 15) is 4.79 Å². The molecule has 5 rings (SSSR count). The Labute approximate surface area is 208 Å². The molecule has 1 unspecified atom stereocenters. The Balaban J connectivity index is 1.17. The summed E-state index contributed by atoms with van der Waals surface area (Å²) < 4.78 is 5.71. The van der Waals surface area contributed by atoms with Crippen molar-refractivity contribution in [3.63, 3.8) is 0 Å². The van der Waals surface area contributed by atoms with Crippen LogP contribution in [0.5, 0.6) is 0 Å². The number of hydrogen-bond acceptors (Lipinski definition) is 7. The van der Waals surface area contributed by atoms with E-state index in [0.717, 1.165) is 24.9 Å². The molecule has 0 saturated carbocycles. The van der Waals surface area contributed by atoms with Crippen molar-refractivity contribution in [2.45, 2.75) is 64.7 Å². The molecule has 9 nitrogen and oxygen atoms in total. The molecule has 1 aromatic carbocycles. The molecule has 1 atom stereocenters. The summed E-state index contributed by atoms with van der Waals surface area (Å²) in [5, 5.41) is 9.32. The van der Waals surface area contributed by atoms with Gasteiger partial charge in [0.25, 0.3) is 6.02 Å². The quantitative estimate of drug-likeness (QED) is 0.446. The Morgan fingerprint density at radius 1 is 1.06 bits per heavy atom. The second-order valence-corrected chi connectivity index (χ2v) is 10.4. The number of amidine groups is 1. The first-order valence-corrected chi connectivity index (χ1v) is 13.1. The van der Waals surface area contributed by atoms with Gasteiger partial charge in [-0.2, -0.15) is 0 Å². The predicted octanol–water partition coefficient (Wildman–Crippen LogP) is 2.41. The Bertz CT molecular complexity index is 958. The van der Waals surface area contributed by atoms with E-state index < -0.39 is 6.17 Å². The third kappa shape index (κ3) is 5.41. The van der Waals surface area contributed by atoms with Crippen molar-refractivity contribution < 1.29 is 9.53 Å². The van der Waals surface area contributed by atoms with E-state index in [1.165, 1.54) is 57.4 Å². The summed E-state index contributed by atoms with van der Waals surface area (Å²) in [5.74, 6) is 0.385. The summed E-state index contributed by atoms with van der Waals surface area (Å²) in [5.41, 5.74) is 9.70. The predicted molar refractivity (Wildman–Crippen MR) is 136 cm³/mol. The van der Waals surface area contributed by atoms with Crippen LogP contribution in [-0.4, -0.2) is 60.8 Å². The van der Waals surface area contributed by atoms with Crippen molar-refractivity contribution in [2.75, 3.05) is 32.8 Å². The first-order valence-electron chi connectivity index (χ1n) is 13.1. The number of fused-ring (bicyclic) bond motifs is 1. The zero-order valence-corrected chi connectivity index (χ0v) is 20.8.